The Balaban J connectivity index is 2.51. The molecule has 5 heteroatoms. The van der Waals surface area contributed by atoms with Crippen LogP contribution in [-0.4, -0.2) is 37.3 Å². The van der Waals surface area contributed by atoms with Crippen molar-refractivity contribution in [2.24, 2.45) is 17.1 Å². The van der Waals surface area contributed by atoms with Gasteiger partial charge in [-0.05, 0) is 37.8 Å². The Hall–Kier alpha value is -0.290. The monoisotopic (exact) mass is 252 g/mol. The zero-order valence-electron chi connectivity index (χ0n) is 10.7. The van der Waals surface area contributed by atoms with Crippen LogP contribution in [0, 0.1) is 11.3 Å². The van der Waals surface area contributed by atoms with Crippen LogP contribution in [0.2, 0.25) is 0 Å². The summed E-state index contributed by atoms with van der Waals surface area (Å²) in [7, 11) is 0. The van der Waals surface area contributed by atoms with E-state index in [1.807, 2.05) is 4.90 Å². The molecule has 1 aliphatic rings. The number of rotatable bonds is 3. The third-order valence-electron chi connectivity index (χ3n) is 3.66. The van der Waals surface area contributed by atoms with E-state index in [-0.39, 0.29) is 18.5 Å². The molecule has 2 nitrogen and oxygen atoms in total. The number of nitrogens with zero attached hydrogens (tertiary/aromatic N) is 1. The van der Waals surface area contributed by atoms with Gasteiger partial charge in [0.25, 0.3) is 0 Å². The predicted octanol–water partition coefficient (Wildman–Crippen LogP) is 2.64. The van der Waals surface area contributed by atoms with Crippen molar-refractivity contribution >= 4 is 0 Å². The Labute approximate surface area is 101 Å². The van der Waals surface area contributed by atoms with E-state index in [4.69, 9.17) is 5.73 Å². The van der Waals surface area contributed by atoms with Crippen molar-refractivity contribution in [2.75, 3.05) is 26.2 Å². The maximum atomic E-state index is 12.6. The van der Waals surface area contributed by atoms with Gasteiger partial charge in [0.15, 0.2) is 0 Å². The standard InChI is InChI=1S/C12H23F3N2/c1-11(2)4-3-6-17(7-5-11)9-10(8-16)12(13,14)15/h10H,3-9,16H2,1-2H3. The van der Waals surface area contributed by atoms with Crippen molar-refractivity contribution in [2.45, 2.75) is 39.3 Å². The largest absolute Gasteiger partial charge is 0.394 e. The Morgan fingerprint density at radius 2 is 1.88 bits per heavy atom. The smallest absolute Gasteiger partial charge is 0.330 e. The molecule has 1 atom stereocenters. The van der Waals surface area contributed by atoms with Gasteiger partial charge in [0.1, 0.15) is 0 Å². The van der Waals surface area contributed by atoms with Gasteiger partial charge in [-0.3, -0.25) is 0 Å². The first-order valence-corrected chi connectivity index (χ1v) is 6.24. The van der Waals surface area contributed by atoms with Crippen LogP contribution in [0.15, 0.2) is 0 Å². The Kier molecular flexibility index (Phi) is 4.84. The van der Waals surface area contributed by atoms with Crippen LogP contribution < -0.4 is 5.73 Å². The summed E-state index contributed by atoms with van der Waals surface area (Å²) in [4.78, 5) is 1.92. The van der Waals surface area contributed by atoms with Gasteiger partial charge in [-0.2, -0.15) is 13.2 Å². The fourth-order valence-electron chi connectivity index (χ4n) is 2.28. The van der Waals surface area contributed by atoms with Gasteiger partial charge in [0.05, 0.1) is 5.92 Å². The molecule has 1 fully saturated rings. The lowest BCUT2D eigenvalue weighted by atomic mass is 9.85. The molecule has 0 saturated carbocycles. The minimum absolute atomic E-state index is 0.0517. The average molecular weight is 252 g/mol. The van der Waals surface area contributed by atoms with Gasteiger partial charge in [-0.1, -0.05) is 13.8 Å². The highest BCUT2D eigenvalue weighted by molar-refractivity contribution is 4.79. The number of alkyl halides is 3. The van der Waals surface area contributed by atoms with E-state index in [0.29, 0.717) is 0 Å². The molecule has 1 rings (SSSR count). The molecule has 1 aliphatic heterocycles. The lowest BCUT2D eigenvalue weighted by Gasteiger charge is -2.27. The molecule has 0 aliphatic carbocycles. The Morgan fingerprint density at radius 3 is 2.41 bits per heavy atom. The van der Waals surface area contributed by atoms with Crippen LogP contribution in [0.25, 0.3) is 0 Å². The number of hydrogen-bond acceptors (Lipinski definition) is 2. The highest BCUT2D eigenvalue weighted by atomic mass is 19.4. The normalized spacial score (nSPS) is 24.4. The van der Waals surface area contributed by atoms with E-state index in [1.165, 1.54) is 0 Å². The summed E-state index contributed by atoms with van der Waals surface area (Å²) in [6, 6.07) is 0. The summed E-state index contributed by atoms with van der Waals surface area (Å²) in [5.74, 6) is -1.39. The molecule has 102 valence electrons. The topological polar surface area (TPSA) is 29.3 Å². The van der Waals surface area contributed by atoms with E-state index in [0.717, 1.165) is 32.4 Å². The van der Waals surface area contributed by atoms with Crippen molar-refractivity contribution in [1.29, 1.82) is 0 Å². The van der Waals surface area contributed by atoms with Crippen LogP contribution in [-0.2, 0) is 0 Å². The van der Waals surface area contributed by atoms with Gasteiger partial charge in [-0.25, -0.2) is 0 Å². The van der Waals surface area contributed by atoms with Crippen LogP contribution in [0.4, 0.5) is 13.2 Å². The van der Waals surface area contributed by atoms with Gasteiger partial charge in [-0.15, -0.1) is 0 Å². The summed E-state index contributed by atoms with van der Waals surface area (Å²) in [5, 5.41) is 0. The van der Waals surface area contributed by atoms with Gasteiger partial charge in [0, 0.05) is 13.1 Å². The molecule has 1 unspecified atom stereocenters. The molecule has 0 aromatic heterocycles. The van der Waals surface area contributed by atoms with Gasteiger partial charge >= 0.3 is 6.18 Å². The molecular weight excluding hydrogens is 229 g/mol. The van der Waals surface area contributed by atoms with Crippen molar-refractivity contribution < 1.29 is 13.2 Å². The fraction of sp³-hybridized carbons (Fsp3) is 1.00. The van der Waals surface area contributed by atoms with E-state index in [1.54, 1.807) is 0 Å². The van der Waals surface area contributed by atoms with Gasteiger partial charge < -0.3 is 10.6 Å². The zero-order chi connectivity index (χ0) is 13.1. The molecule has 17 heavy (non-hydrogen) atoms. The summed E-state index contributed by atoms with van der Waals surface area (Å²) in [6.07, 6.45) is -1.15. The van der Waals surface area contributed by atoms with Crippen molar-refractivity contribution in [3.05, 3.63) is 0 Å². The molecule has 2 N–H and O–H groups in total. The third-order valence-corrected chi connectivity index (χ3v) is 3.66. The second-order valence-corrected chi connectivity index (χ2v) is 5.79. The fourth-order valence-corrected chi connectivity index (χ4v) is 2.28. The van der Waals surface area contributed by atoms with E-state index >= 15 is 0 Å². The number of nitrogens with two attached hydrogens (primary N) is 1. The summed E-state index contributed by atoms with van der Waals surface area (Å²) in [5.41, 5.74) is 5.48. The second-order valence-electron chi connectivity index (χ2n) is 5.79. The van der Waals surface area contributed by atoms with Crippen LogP contribution in [0.1, 0.15) is 33.1 Å². The number of hydrogen-bond donors (Lipinski definition) is 1. The van der Waals surface area contributed by atoms with E-state index in [2.05, 4.69) is 13.8 Å². The molecule has 1 heterocycles. The summed E-state index contributed by atoms with van der Waals surface area (Å²) < 4.78 is 37.9. The summed E-state index contributed by atoms with van der Waals surface area (Å²) >= 11 is 0. The maximum Gasteiger partial charge on any atom is 0.394 e. The lowest BCUT2D eigenvalue weighted by Crippen LogP contribution is -2.41. The van der Waals surface area contributed by atoms with Crippen molar-refractivity contribution in [3.63, 3.8) is 0 Å². The van der Waals surface area contributed by atoms with E-state index < -0.39 is 12.1 Å². The van der Waals surface area contributed by atoms with Crippen molar-refractivity contribution in [1.82, 2.24) is 4.90 Å². The number of halogens is 3. The quantitative estimate of drug-likeness (QED) is 0.836. The third kappa shape index (κ3) is 4.84. The first kappa shape index (κ1) is 14.8. The molecule has 1 saturated heterocycles. The molecule has 0 aromatic carbocycles. The molecule has 0 bridgehead atoms. The lowest BCUT2D eigenvalue weighted by molar-refractivity contribution is -0.176. The van der Waals surface area contributed by atoms with Crippen molar-refractivity contribution in [3.8, 4) is 0 Å². The van der Waals surface area contributed by atoms with E-state index in [9.17, 15) is 13.2 Å². The first-order chi connectivity index (χ1) is 7.74. The van der Waals surface area contributed by atoms with Crippen LogP contribution in [0.3, 0.4) is 0 Å². The molecule has 0 aromatic rings. The first-order valence-electron chi connectivity index (χ1n) is 6.24. The second kappa shape index (κ2) is 5.57. The zero-order valence-corrected chi connectivity index (χ0v) is 10.7. The minimum atomic E-state index is -4.17. The number of likely N-dealkylation sites (tertiary alicyclic amines) is 1. The van der Waals surface area contributed by atoms with Crippen LogP contribution in [0.5, 0.6) is 0 Å². The van der Waals surface area contributed by atoms with Crippen LogP contribution >= 0.6 is 0 Å². The van der Waals surface area contributed by atoms with Gasteiger partial charge in [0.2, 0.25) is 0 Å². The molecule has 0 spiro atoms. The Morgan fingerprint density at radius 1 is 1.24 bits per heavy atom. The summed E-state index contributed by atoms with van der Waals surface area (Å²) in [6.45, 7) is 5.61. The highest BCUT2D eigenvalue weighted by Crippen LogP contribution is 2.31. The SMILES string of the molecule is CC1(C)CCCN(CC(CN)C(F)(F)F)CC1. The predicted molar refractivity (Wildman–Crippen MR) is 62.7 cm³/mol. The maximum absolute atomic E-state index is 12.6. The molecule has 0 radical (unpaired) electrons. The Bertz CT molecular complexity index is 238. The molecular formula is C12H23F3N2. The minimum Gasteiger partial charge on any atom is -0.330 e. The average Bonchev–Trinajstić information content (AvgIpc) is 2.34. The highest BCUT2D eigenvalue weighted by Gasteiger charge is 2.39. The molecule has 0 amide bonds.